The molecule has 4 saturated carbocycles. The van der Waals surface area contributed by atoms with Gasteiger partial charge in [0.2, 0.25) is 0 Å². The Morgan fingerprint density at radius 3 is 2.35 bits per heavy atom. The summed E-state index contributed by atoms with van der Waals surface area (Å²) >= 11 is 0. The number of nitrogens with zero attached hydrogens (tertiary/aromatic N) is 2. The highest BCUT2D eigenvalue weighted by Gasteiger charge is 2.61. The van der Waals surface area contributed by atoms with Gasteiger partial charge in [0.25, 0.3) is 0 Å². The standard InChI is InChI=1S/C27H48N2O2/c1-4-5-12-28-13-15-29(16-14-28)23-18-27(3)19(17-24(23)30)6-7-20-21-8-9-25(31)26(21,2)11-10-22(20)27/h19-25,30-31H,4-18H2,1-3H3/t19-,20-,21-,22-,23-,24-,25-,26-,27-/m0/s1. The van der Waals surface area contributed by atoms with Gasteiger partial charge in [-0.3, -0.25) is 4.90 Å². The van der Waals surface area contributed by atoms with E-state index in [9.17, 15) is 10.2 Å². The van der Waals surface area contributed by atoms with Gasteiger partial charge in [0.1, 0.15) is 0 Å². The monoisotopic (exact) mass is 432 g/mol. The fraction of sp³-hybridized carbons (Fsp3) is 1.00. The molecular formula is C27H48N2O2. The molecule has 0 spiro atoms. The molecule has 0 aromatic carbocycles. The third-order valence-electron chi connectivity index (χ3n) is 11.3. The number of fused-ring (bicyclic) bond motifs is 5. The van der Waals surface area contributed by atoms with Gasteiger partial charge in [-0.05, 0) is 98.8 Å². The van der Waals surface area contributed by atoms with Gasteiger partial charge in [-0.15, -0.1) is 0 Å². The Bertz CT molecular complexity index is 635. The molecule has 178 valence electrons. The molecule has 4 aliphatic carbocycles. The van der Waals surface area contributed by atoms with E-state index >= 15 is 0 Å². The van der Waals surface area contributed by atoms with Crippen LogP contribution in [-0.2, 0) is 0 Å². The summed E-state index contributed by atoms with van der Waals surface area (Å²) in [6.07, 6.45) is 12.0. The van der Waals surface area contributed by atoms with Crippen LogP contribution in [0.5, 0.6) is 0 Å². The van der Waals surface area contributed by atoms with Gasteiger partial charge in [0.05, 0.1) is 12.2 Å². The molecule has 0 aromatic rings. The Morgan fingerprint density at radius 1 is 0.871 bits per heavy atom. The zero-order valence-electron chi connectivity index (χ0n) is 20.4. The molecule has 5 aliphatic rings. The molecular weight excluding hydrogens is 384 g/mol. The Morgan fingerprint density at radius 2 is 1.61 bits per heavy atom. The number of aliphatic hydroxyl groups is 2. The molecule has 5 fully saturated rings. The number of piperazine rings is 1. The van der Waals surface area contributed by atoms with E-state index in [4.69, 9.17) is 0 Å². The summed E-state index contributed by atoms with van der Waals surface area (Å²) in [7, 11) is 0. The highest BCUT2D eigenvalue weighted by Crippen LogP contribution is 2.66. The van der Waals surface area contributed by atoms with Gasteiger partial charge in [0, 0.05) is 32.2 Å². The van der Waals surface area contributed by atoms with Crippen molar-refractivity contribution in [2.75, 3.05) is 32.7 Å². The van der Waals surface area contributed by atoms with Crippen molar-refractivity contribution in [2.24, 2.45) is 34.5 Å². The lowest BCUT2D eigenvalue weighted by Crippen LogP contribution is -2.62. The first kappa shape index (κ1) is 22.6. The van der Waals surface area contributed by atoms with Crippen molar-refractivity contribution in [1.82, 2.24) is 9.80 Å². The van der Waals surface area contributed by atoms with Crippen LogP contribution in [0.15, 0.2) is 0 Å². The molecule has 1 heterocycles. The maximum Gasteiger partial charge on any atom is 0.0698 e. The summed E-state index contributed by atoms with van der Waals surface area (Å²) in [5, 5.41) is 22.0. The second-order valence-electron chi connectivity index (χ2n) is 12.6. The molecule has 0 unspecified atom stereocenters. The lowest BCUT2D eigenvalue weighted by Gasteiger charge is -2.62. The van der Waals surface area contributed by atoms with E-state index in [1.165, 1.54) is 71.0 Å². The number of hydrogen-bond acceptors (Lipinski definition) is 4. The van der Waals surface area contributed by atoms with Crippen LogP contribution in [0.1, 0.15) is 85.0 Å². The van der Waals surface area contributed by atoms with E-state index in [0.29, 0.717) is 17.4 Å². The van der Waals surface area contributed by atoms with Crippen LogP contribution in [0.3, 0.4) is 0 Å². The highest BCUT2D eigenvalue weighted by atomic mass is 16.3. The van der Waals surface area contributed by atoms with Crippen LogP contribution in [0.4, 0.5) is 0 Å². The quantitative estimate of drug-likeness (QED) is 0.701. The lowest BCUT2D eigenvalue weighted by atomic mass is 9.44. The Hall–Kier alpha value is -0.160. The molecule has 0 aromatic heterocycles. The zero-order chi connectivity index (χ0) is 21.8. The number of rotatable bonds is 4. The molecule has 31 heavy (non-hydrogen) atoms. The molecule has 1 saturated heterocycles. The van der Waals surface area contributed by atoms with Crippen molar-refractivity contribution < 1.29 is 10.2 Å². The SMILES string of the molecule is CCCCN1CCN([C@H]2C[C@@]3(C)[C@@H](CC[C@@H]4[C@@H]3CC[C@]3(C)[C@@H](O)CC[C@@H]43)C[C@@H]2O)CC1. The van der Waals surface area contributed by atoms with Gasteiger partial charge >= 0.3 is 0 Å². The summed E-state index contributed by atoms with van der Waals surface area (Å²) in [5.41, 5.74) is 0.549. The predicted molar refractivity (Wildman–Crippen MR) is 126 cm³/mol. The molecule has 0 bridgehead atoms. The van der Waals surface area contributed by atoms with Crippen molar-refractivity contribution in [1.29, 1.82) is 0 Å². The van der Waals surface area contributed by atoms with Crippen molar-refractivity contribution >= 4 is 0 Å². The van der Waals surface area contributed by atoms with Crippen LogP contribution in [0, 0.1) is 34.5 Å². The van der Waals surface area contributed by atoms with E-state index in [-0.39, 0.29) is 17.6 Å². The summed E-state index contributed by atoms with van der Waals surface area (Å²) in [6.45, 7) is 13.1. The Labute approximate surface area is 190 Å². The van der Waals surface area contributed by atoms with E-state index < -0.39 is 0 Å². The van der Waals surface area contributed by atoms with Crippen molar-refractivity contribution in [2.45, 2.75) is 103 Å². The number of aliphatic hydroxyl groups excluding tert-OH is 2. The summed E-state index contributed by atoms with van der Waals surface area (Å²) < 4.78 is 0. The van der Waals surface area contributed by atoms with Crippen LogP contribution in [0.25, 0.3) is 0 Å². The smallest absolute Gasteiger partial charge is 0.0698 e. The first-order chi connectivity index (χ1) is 14.9. The van der Waals surface area contributed by atoms with Crippen LogP contribution in [0.2, 0.25) is 0 Å². The van der Waals surface area contributed by atoms with E-state index in [1.807, 2.05) is 0 Å². The minimum absolute atomic E-state index is 0.0751. The third kappa shape index (κ3) is 3.72. The molecule has 2 N–H and O–H groups in total. The summed E-state index contributed by atoms with van der Waals surface area (Å²) in [4.78, 5) is 5.29. The maximum absolute atomic E-state index is 11.2. The minimum atomic E-state index is -0.140. The molecule has 0 amide bonds. The van der Waals surface area contributed by atoms with Crippen molar-refractivity contribution in [3.05, 3.63) is 0 Å². The highest BCUT2D eigenvalue weighted by molar-refractivity contribution is 5.11. The summed E-state index contributed by atoms with van der Waals surface area (Å²) in [6, 6.07) is 0.357. The Kier molecular flexibility index (Phi) is 6.25. The molecule has 4 nitrogen and oxygen atoms in total. The number of unbranched alkanes of at least 4 members (excludes halogenated alkanes) is 1. The van der Waals surface area contributed by atoms with Crippen molar-refractivity contribution in [3.63, 3.8) is 0 Å². The first-order valence-corrected chi connectivity index (χ1v) is 13.7. The van der Waals surface area contributed by atoms with E-state index in [0.717, 1.165) is 43.7 Å². The van der Waals surface area contributed by atoms with Gasteiger partial charge in [-0.1, -0.05) is 27.2 Å². The minimum Gasteiger partial charge on any atom is -0.393 e. The second-order valence-corrected chi connectivity index (χ2v) is 12.6. The molecule has 9 atom stereocenters. The van der Waals surface area contributed by atoms with Crippen LogP contribution in [-0.4, -0.2) is 71.0 Å². The molecule has 0 radical (unpaired) electrons. The fourth-order valence-corrected chi connectivity index (χ4v) is 9.32. The first-order valence-electron chi connectivity index (χ1n) is 13.7. The number of hydrogen-bond donors (Lipinski definition) is 2. The third-order valence-corrected chi connectivity index (χ3v) is 11.3. The van der Waals surface area contributed by atoms with Crippen molar-refractivity contribution in [3.8, 4) is 0 Å². The van der Waals surface area contributed by atoms with Gasteiger partial charge < -0.3 is 15.1 Å². The Balaban J connectivity index is 1.30. The van der Waals surface area contributed by atoms with Gasteiger partial charge in [-0.2, -0.15) is 0 Å². The topological polar surface area (TPSA) is 46.9 Å². The van der Waals surface area contributed by atoms with E-state index in [2.05, 4.69) is 30.6 Å². The molecule has 4 heteroatoms. The maximum atomic E-state index is 11.2. The molecule has 1 aliphatic heterocycles. The average Bonchev–Trinajstić information content (AvgIpc) is 3.07. The zero-order valence-corrected chi connectivity index (χ0v) is 20.4. The van der Waals surface area contributed by atoms with E-state index in [1.54, 1.807) is 0 Å². The predicted octanol–water partition coefficient (Wildman–Crippen LogP) is 4.15. The normalized spacial score (nSPS) is 51.2. The summed E-state index contributed by atoms with van der Waals surface area (Å²) in [5.74, 6) is 3.03. The fourth-order valence-electron chi connectivity index (χ4n) is 9.32. The van der Waals surface area contributed by atoms with Gasteiger partial charge in [0.15, 0.2) is 0 Å². The van der Waals surface area contributed by atoms with Crippen LogP contribution >= 0.6 is 0 Å². The molecule has 5 rings (SSSR count). The van der Waals surface area contributed by atoms with Crippen LogP contribution < -0.4 is 0 Å². The average molecular weight is 433 g/mol. The van der Waals surface area contributed by atoms with Gasteiger partial charge in [-0.25, -0.2) is 0 Å². The second kappa shape index (κ2) is 8.56. The lowest BCUT2D eigenvalue weighted by molar-refractivity contribution is -0.155. The largest absolute Gasteiger partial charge is 0.393 e.